The smallest absolute Gasteiger partial charge is 0.366 e. The Labute approximate surface area is 171 Å². The first kappa shape index (κ1) is 20.9. The molecule has 3 amide bonds. The average molecular weight is 429 g/mol. The summed E-state index contributed by atoms with van der Waals surface area (Å²) in [4.78, 5) is 27.5. The number of ether oxygens (including phenoxy) is 1. The van der Waals surface area contributed by atoms with Crippen LogP contribution in [0.25, 0.3) is 0 Å². The van der Waals surface area contributed by atoms with Crippen molar-refractivity contribution in [3.05, 3.63) is 35.1 Å². The number of piperidine rings is 1. The van der Waals surface area contributed by atoms with E-state index in [9.17, 15) is 27.2 Å². The van der Waals surface area contributed by atoms with E-state index in [2.05, 4.69) is 5.32 Å². The van der Waals surface area contributed by atoms with Crippen molar-refractivity contribution in [2.45, 2.75) is 37.6 Å². The number of rotatable bonds is 3. The number of nitrogens with one attached hydrogen (secondary N) is 1. The quantitative estimate of drug-likeness (QED) is 0.751. The molecule has 1 aromatic carbocycles. The maximum Gasteiger partial charge on any atom is 0.416 e. The van der Waals surface area contributed by atoms with Crippen molar-refractivity contribution in [3.8, 4) is 0 Å². The number of urea groups is 1. The molecule has 0 spiro atoms. The molecule has 3 aliphatic rings. The summed E-state index contributed by atoms with van der Waals surface area (Å²) < 4.78 is 58.7. The summed E-state index contributed by atoms with van der Waals surface area (Å²) in [5.74, 6) is -1.01. The summed E-state index contributed by atoms with van der Waals surface area (Å²) in [6, 6.07) is 2.63. The van der Waals surface area contributed by atoms with E-state index in [-0.39, 0.29) is 48.6 Å². The number of morpholine rings is 1. The molecule has 10 heteroatoms. The number of fused-ring (bicyclic) bond motifs is 1. The summed E-state index contributed by atoms with van der Waals surface area (Å²) in [6.07, 6.45) is -3.68. The Bertz CT molecular complexity index is 826. The molecule has 0 aliphatic carbocycles. The van der Waals surface area contributed by atoms with Crippen LogP contribution in [0.15, 0.2) is 18.2 Å². The molecule has 0 saturated carbocycles. The normalized spacial score (nSPS) is 24.9. The molecule has 164 valence electrons. The van der Waals surface area contributed by atoms with Gasteiger partial charge in [-0.3, -0.25) is 4.79 Å². The number of carbonyl (C=O) groups excluding carboxylic acids is 2. The monoisotopic (exact) mass is 429 g/mol. The molecule has 6 nitrogen and oxygen atoms in total. The number of nitrogens with zero attached hydrogens (tertiary/aromatic N) is 2. The van der Waals surface area contributed by atoms with Crippen LogP contribution in [0, 0.1) is 11.7 Å². The van der Waals surface area contributed by atoms with Gasteiger partial charge in [-0.2, -0.15) is 13.2 Å². The van der Waals surface area contributed by atoms with Crippen molar-refractivity contribution in [1.82, 2.24) is 15.1 Å². The highest BCUT2D eigenvalue weighted by Crippen LogP contribution is 2.34. The average Bonchev–Trinajstić information content (AvgIpc) is 2.66. The lowest BCUT2D eigenvalue weighted by Crippen LogP contribution is -2.64. The fraction of sp³-hybridized carbons (Fsp3) is 0.600. The van der Waals surface area contributed by atoms with Crippen LogP contribution in [-0.4, -0.2) is 66.7 Å². The lowest BCUT2D eigenvalue weighted by molar-refractivity contribution is -0.140. The molecular formula is C20H23F4N3O3. The second kappa shape index (κ2) is 8.05. The molecular weight excluding hydrogens is 406 g/mol. The van der Waals surface area contributed by atoms with Crippen LogP contribution < -0.4 is 5.32 Å². The Hall–Kier alpha value is -2.36. The van der Waals surface area contributed by atoms with Gasteiger partial charge in [-0.05, 0) is 37.3 Å². The number of carbonyl (C=O) groups is 2. The van der Waals surface area contributed by atoms with Gasteiger partial charge in [0.1, 0.15) is 12.4 Å². The van der Waals surface area contributed by atoms with Gasteiger partial charge in [-0.15, -0.1) is 0 Å². The van der Waals surface area contributed by atoms with E-state index >= 15 is 0 Å². The van der Waals surface area contributed by atoms with Crippen molar-refractivity contribution in [3.63, 3.8) is 0 Å². The van der Waals surface area contributed by atoms with Crippen molar-refractivity contribution < 1.29 is 31.9 Å². The molecule has 30 heavy (non-hydrogen) atoms. The summed E-state index contributed by atoms with van der Waals surface area (Å²) in [7, 11) is 0. The third-order valence-electron chi connectivity index (χ3n) is 6.05. The summed E-state index contributed by atoms with van der Waals surface area (Å²) in [5, 5.41) is 2.84. The Morgan fingerprint density at radius 1 is 1.20 bits per heavy atom. The van der Waals surface area contributed by atoms with E-state index in [1.165, 1.54) is 0 Å². The fourth-order valence-corrected chi connectivity index (χ4v) is 4.41. The molecule has 1 aromatic rings. The number of benzene rings is 1. The van der Waals surface area contributed by atoms with Gasteiger partial charge in [0.05, 0.1) is 17.7 Å². The number of hydrogen-bond acceptors (Lipinski definition) is 3. The van der Waals surface area contributed by atoms with Gasteiger partial charge in [0.2, 0.25) is 5.91 Å². The molecule has 0 aromatic heterocycles. The molecule has 3 heterocycles. The van der Waals surface area contributed by atoms with E-state index in [0.717, 1.165) is 18.2 Å². The van der Waals surface area contributed by atoms with Crippen molar-refractivity contribution >= 4 is 11.9 Å². The van der Waals surface area contributed by atoms with Crippen LogP contribution in [0.3, 0.4) is 0 Å². The molecule has 4 rings (SSSR count). The van der Waals surface area contributed by atoms with Crippen molar-refractivity contribution in [2.24, 2.45) is 5.92 Å². The highest BCUT2D eigenvalue weighted by atomic mass is 19.4. The van der Waals surface area contributed by atoms with Gasteiger partial charge in [0.15, 0.2) is 0 Å². The largest absolute Gasteiger partial charge is 0.416 e. The molecule has 3 fully saturated rings. The minimum atomic E-state index is -4.59. The van der Waals surface area contributed by atoms with Crippen LogP contribution in [0.5, 0.6) is 0 Å². The number of halogens is 4. The zero-order chi connectivity index (χ0) is 21.5. The minimum Gasteiger partial charge on any atom is -0.366 e. The zero-order valence-corrected chi connectivity index (χ0v) is 16.3. The lowest BCUT2D eigenvalue weighted by atomic mass is 9.91. The molecule has 1 N–H and O–H groups in total. The first-order valence-electron chi connectivity index (χ1n) is 10.0. The molecule has 3 aliphatic heterocycles. The van der Waals surface area contributed by atoms with E-state index in [1.54, 1.807) is 9.80 Å². The maximum absolute atomic E-state index is 14.0. The molecule has 1 unspecified atom stereocenters. The predicted molar refractivity (Wildman–Crippen MR) is 98.0 cm³/mol. The third kappa shape index (κ3) is 4.23. The fourth-order valence-electron chi connectivity index (χ4n) is 4.41. The Morgan fingerprint density at radius 2 is 1.97 bits per heavy atom. The number of alkyl halides is 3. The second-order valence-electron chi connectivity index (χ2n) is 8.11. The topological polar surface area (TPSA) is 61.9 Å². The van der Waals surface area contributed by atoms with Crippen LogP contribution >= 0.6 is 0 Å². The number of likely N-dealkylation sites (tertiary alicyclic amines) is 2. The van der Waals surface area contributed by atoms with Gasteiger partial charge < -0.3 is 19.9 Å². The van der Waals surface area contributed by atoms with E-state index in [1.807, 2.05) is 0 Å². The summed E-state index contributed by atoms with van der Waals surface area (Å²) in [6.45, 7) is 1.81. The summed E-state index contributed by atoms with van der Waals surface area (Å²) in [5.41, 5.74) is -1.25. The van der Waals surface area contributed by atoms with Crippen molar-refractivity contribution in [1.29, 1.82) is 0 Å². The number of amides is 3. The van der Waals surface area contributed by atoms with E-state index < -0.39 is 17.6 Å². The van der Waals surface area contributed by atoms with Crippen LogP contribution in [0.4, 0.5) is 22.4 Å². The van der Waals surface area contributed by atoms with Gasteiger partial charge in [0.25, 0.3) is 0 Å². The van der Waals surface area contributed by atoms with Crippen molar-refractivity contribution in [2.75, 3.05) is 32.8 Å². The van der Waals surface area contributed by atoms with E-state index in [0.29, 0.717) is 39.0 Å². The molecule has 2 atom stereocenters. The Balaban J connectivity index is 1.28. The molecule has 0 radical (unpaired) electrons. The van der Waals surface area contributed by atoms with Gasteiger partial charge in [0, 0.05) is 31.7 Å². The highest BCUT2D eigenvalue weighted by molar-refractivity contribution is 5.79. The number of hydrogen-bond donors (Lipinski definition) is 1. The first-order chi connectivity index (χ1) is 14.2. The third-order valence-corrected chi connectivity index (χ3v) is 6.05. The van der Waals surface area contributed by atoms with Crippen LogP contribution in [0.2, 0.25) is 0 Å². The van der Waals surface area contributed by atoms with E-state index in [4.69, 9.17) is 4.74 Å². The molecule has 0 bridgehead atoms. The lowest BCUT2D eigenvalue weighted by Gasteiger charge is -2.46. The standard InChI is InChI=1S/C20H23F4N3O3/c21-15-3-1-2-14(20(22,23)24)13(15)5-4-12-8-27(9-12)19(29)26-7-6-17-16(10-26)25-18(28)11-30-17/h1-3,12,16-17H,4-11H2,(H,25,28)/t16-,17?/m1/s1. The van der Waals surface area contributed by atoms with Crippen LogP contribution in [-0.2, 0) is 22.1 Å². The van der Waals surface area contributed by atoms with Gasteiger partial charge >= 0.3 is 12.2 Å². The summed E-state index contributed by atoms with van der Waals surface area (Å²) >= 11 is 0. The second-order valence-corrected chi connectivity index (χ2v) is 8.11. The SMILES string of the molecule is O=C1COC2CCN(C(=O)N3CC(CCc4c(F)cccc4C(F)(F)F)C3)C[C@H]2N1. The minimum absolute atomic E-state index is 0.0228. The van der Waals surface area contributed by atoms with Gasteiger partial charge in [-0.25, -0.2) is 9.18 Å². The molecule has 3 saturated heterocycles. The Morgan fingerprint density at radius 3 is 2.70 bits per heavy atom. The highest BCUT2D eigenvalue weighted by Gasteiger charge is 2.40. The van der Waals surface area contributed by atoms with Gasteiger partial charge in [-0.1, -0.05) is 6.07 Å². The zero-order valence-electron chi connectivity index (χ0n) is 16.3. The predicted octanol–water partition coefficient (Wildman–Crippen LogP) is 2.42. The first-order valence-corrected chi connectivity index (χ1v) is 10.0. The van der Waals surface area contributed by atoms with Crippen LogP contribution in [0.1, 0.15) is 24.0 Å². The maximum atomic E-state index is 14.0. The Kier molecular flexibility index (Phi) is 5.61.